The van der Waals surface area contributed by atoms with E-state index in [1.165, 1.54) is 10.1 Å². The summed E-state index contributed by atoms with van der Waals surface area (Å²) in [6.07, 6.45) is -1.81. The zero-order valence-corrected chi connectivity index (χ0v) is 11.2. The molecule has 0 N–H and O–H groups in total. The number of rotatable bonds is 2. The normalized spacial score (nSPS) is 15.3. The first-order valence-corrected chi connectivity index (χ1v) is 7.01. The van der Waals surface area contributed by atoms with E-state index in [1.54, 1.807) is 4.57 Å². The number of thiazole rings is 1. The molecule has 0 amide bonds. The molecule has 108 valence electrons. The molecule has 0 unspecified atom stereocenters. The van der Waals surface area contributed by atoms with Crippen LogP contribution in [-0.4, -0.2) is 19.3 Å². The molecule has 20 heavy (non-hydrogen) atoms. The predicted molar refractivity (Wildman–Crippen MR) is 65.6 cm³/mol. The molecule has 2 aromatic rings. The van der Waals surface area contributed by atoms with E-state index < -0.39 is 11.2 Å². The van der Waals surface area contributed by atoms with Crippen LogP contribution in [0.4, 0.5) is 13.2 Å². The van der Waals surface area contributed by atoms with Crippen molar-refractivity contribution in [3.63, 3.8) is 0 Å². The molecular weight excluding hydrogens is 293 g/mol. The maximum atomic E-state index is 12.5. The number of hydrogen-bond acceptors (Lipinski definition) is 4. The monoisotopic (exact) mass is 304 g/mol. The molecule has 0 radical (unpaired) electrons. The van der Waals surface area contributed by atoms with Crippen LogP contribution in [-0.2, 0) is 25.7 Å². The van der Waals surface area contributed by atoms with Crippen LogP contribution < -0.4 is 5.69 Å². The average Bonchev–Trinajstić information content (AvgIpc) is 2.97. The van der Waals surface area contributed by atoms with Crippen LogP contribution in [0.1, 0.15) is 29.4 Å². The van der Waals surface area contributed by atoms with Crippen molar-refractivity contribution in [2.75, 3.05) is 0 Å². The van der Waals surface area contributed by atoms with Gasteiger partial charge >= 0.3 is 11.9 Å². The molecule has 0 saturated heterocycles. The Balaban J connectivity index is 1.87. The summed E-state index contributed by atoms with van der Waals surface area (Å²) in [5.74, 6) is 0.701. The molecule has 0 saturated carbocycles. The predicted octanol–water partition coefficient (Wildman–Crippen LogP) is 1.90. The number of fused-ring (bicyclic) bond motifs is 1. The zero-order valence-electron chi connectivity index (χ0n) is 10.4. The van der Waals surface area contributed by atoms with Crippen LogP contribution in [0, 0.1) is 0 Å². The second-order valence-corrected chi connectivity index (χ2v) is 5.47. The summed E-state index contributed by atoms with van der Waals surface area (Å²) in [4.78, 5) is 15.5. The van der Waals surface area contributed by atoms with E-state index >= 15 is 0 Å². The minimum atomic E-state index is -4.44. The fraction of sp³-hybridized carbons (Fsp3) is 0.545. The van der Waals surface area contributed by atoms with Crippen molar-refractivity contribution >= 4 is 11.3 Å². The molecule has 1 aliphatic heterocycles. The summed E-state index contributed by atoms with van der Waals surface area (Å²) in [7, 11) is 0. The highest BCUT2D eigenvalue weighted by Gasteiger charge is 2.34. The molecule has 0 aromatic carbocycles. The Morgan fingerprint density at radius 1 is 1.35 bits per heavy atom. The van der Waals surface area contributed by atoms with Crippen molar-refractivity contribution in [3.05, 3.63) is 32.4 Å². The first kappa shape index (κ1) is 13.3. The molecule has 0 fully saturated rings. The Morgan fingerprint density at radius 3 is 2.80 bits per heavy atom. The minimum Gasteiger partial charge on any atom is -0.279 e. The Hall–Kier alpha value is -1.64. The summed E-state index contributed by atoms with van der Waals surface area (Å²) < 4.78 is 40.2. The summed E-state index contributed by atoms with van der Waals surface area (Å²) in [6, 6.07) is 0. The molecule has 0 aliphatic carbocycles. The van der Waals surface area contributed by atoms with Crippen LogP contribution in [0.5, 0.6) is 0 Å². The van der Waals surface area contributed by atoms with Crippen LogP contribution in [0.2, 0.25) is 0 Å². The van der Waals surface area contributed by atoms with Gasteiger partial charge in [-0.2, -0.15) is 18.3 Å². The minimum absolute atomic E-state index is 0.0224. The van der Waals surface area contributed by atoms with Gasteiger partial charge < -0.3 is 0 Å². The maximum Gasteiger partial charge on any atom is 0.443 e. The third kappa shape index (κ3) is 2.37. The van der Waals surface area contributed by atoms with E-state index in [9.17, 15) is 18.0 Å². The largest absolute Gasteiger partial charge is 0.443 e. The van der Waals surface area contributed by atoms with Crippen molar-refractivity contribution < 1.29 is 13.2 Å². The van der Waals surface area contributed by atoms with Gasteiger partial charge in [0.05, 0.1) is 12.2 Å². The third-order valence-electron chi connectivity index (χ3n) is 3.14. The number of aryl methyl sites for hydroxylation is 1. The van der Waals surface area contributed by atoms with Crippen molar-refractivity contribution in [2.24, 2.45) is 0 Å². The van der Waals surface area contributed by atoms with E-state index in [4.69, 9.17) is 0 Å². The summed E-state index contributed by atoms with van der Waals surface area (Å²) >= 11 is 0.530. The van der Waals surface area contributed by atoms with E-state index in [0.29, 0.717) is 23.7 Å². The fourth-order valence-electron chi connectivity index (χ4n) is 2.21. The van der Waals surface area contributed by atoms with E-state index in [1.807, 2.05) is 0 Å². The van der Waals surface area contributed by atoms with Gasteiger partial charge in [0.15, 0.2) is 5.01 Å². The Labute approximate surface area is 115 Å². The number of aromatic nitrogens is 4. The van der Waals surface area contributed by atoms with Crippen LogP contribution >= 0.6 is 11.3 Å². The highest BCUT2D eigenvalue weighted by Crippen LogP contribution is 2.31. The van der Waals surface area contributed by atoms with Crippen molar-refractivity contribution in [1.29, 1.82) is 0 Å². The van der Waals surface area contributed by atoms with Crippen molar-refractivity contribution in [3.8, 4) is 0 Å². The van der Waals surface area contributed by atoms with E-state index in [0.717, 1.165) is 19.3 Å². The number of alkyl halides is 3. The third-order valence-corrected chi connectivity index (χ3v) is 4.07. The summed E-state index contributed by atoms with van der Waals surface area (Å²) in [6.45, 7) is 0.602. The molecule has 0 bridgehead atoms. The zero-order chi connectivity index (χ0) is 14.3. The van der Waals surface area contributed by atoms with Gasteiger partial charge in [0.25, 0.3) is 0 Å². The van der Waals surface area contributed by atoms with Gasteiger partial charge in [0.1, 0.15) is 5.82 Å². The quantitative estimate of drug-likeness (QED) is 0.851. The Morgan fingerprint density at radius 2 is 2.15 bits per heavy atom. The van der Waals surface area contributed by atoms with Crippen molar-refractivity contribution in [2.45, 2.75) is 38.5 Å². The lowest BCUT2D eigenvalue weighted by atomic mass is 10.2. The maximum absolute atomic E-state index is 12.5. The standard InChI is InChI=1S/C11H11F3N4OS/c12-11(13,14)9-15-7(6-20-9)5-18-10(19)17-4-2-1-3-8(17)16-18/h6H,1-5H2. The molecule has 0 atom stereocenters. The molecule has 3 heterocycles. The first-order chi connectivity index (χ1) is 9.45. The van der Waals surface area contributed by atoms with Gasteiger partial charge in [-0.25, -0.2) is 14.5 Å². The topological polar surface area (TPSA) is 52.7 Å². The average molecular weight is 304 g/mol. The number of hydrogen-bond donors (Lipinski definition) is 0. The highest BCUT2D eigenvalue weighted by molar-refractivity contribution is 7.09. The van der Waals surface area contributed by atoms with Gasteiger partial charge in [0, 0.05) is 18.3 Å². The van der Waals surface area contributed by atoms with Crippen LogP contribution in [0.15, 0.2) is 10.2 Å². The Kier molecular flexibility index (Phi) is 3.15. The molecule has 0 spiro atoms. The number of halogens is 3. The Bertz CT molecular complexity index is 685. The SMILES string of the molecule is O=c1n(Cc2csc(C(F)(F)F)n2)nc2n1CCCC2. The fourth-order valence-corrected chi connectivity index (χ4v) is 2.89. The molecule has 5 nitrogen and oxygen atoms in total. The van der Waals surface area contributed by atoms with Crippen LogP contribution in [0.3, 0.4) is 0 Å². The summed E-state index contributed by atoms with van der Waals surface area (Å²) in [5.41, 5.74) is -0.0684. The van der Waals surface area contributed by atoms with Gasteiger partial charge in [0.2, 0.25) is 0 Å². The summed E-state index contributed by atoms with van der Waals surface area (Å²) in [5, 5.41) is 4.58. The molecule has 9 heteroatoms. The van der Waals surface area contributed by atoms with Gasteiger partial charge in [-0.15, -0.1) is 11.3 Å². The molecule has 1 aliphatic rings. The molecular formula is C11H11F3N4OS. The lowest BCUT2D eigenvalue weighted by molar-refractivity contribution is -0.137. The first-order valence-electron chi connectivity index (χ1n) is 6.13. The van der Waals surface area contributed by atoms with E-state index in [2.05, 4.69) is 10.1 Å². The lowest BCUT2D eigenvalue weighted by Gasteiger charge is -2.09. The second-order valence-electron chi connectivity index (χ2n) is 4.61. The van der Waals surface area contributed by atoms with Gasteiger partial charge in [-0.3, -0.25) is 4.57 Å². The van der Waals surface area contributed by atoms with Gasteiger partial charge in [-0.1, -0.05) is 0 Å². The molecule has 3 rings (SSSR count). The molecule has 2 aromatic heterocycles. The van der Waals surface area contributed by atoms with E-state index in [-0.39, 0.29) is 17.9 Å². The smallest absolute Gasteiger partial charge is 0.279 e. The van der Waals surface area contributed by atoms with Crippen LogP contribution in [0.25, 0.3) is 0 Å². The second kappa shape index (κ2) is 4.72. The lowest BCUT2D eigenvalue weighted by Crippen LogP contribution is -2.27. The highest BCUT2D eigenvalue weighted by atomic mass is 32.1. The van der Waals surface area contributed by atoms with Gasteiger partial charge in [-0.05, 0) is 12.8 Å². The number of nitrogens with zero attached hydrogens (tertiary/aromatic N) is 4. The van der Waals surface area contributed by atoms with Crippen molar-refractivity contribution in [1.82, 2.24) is 19.3 Å².